The lowest BCUT2D eigenvalue weighted by Gasteiger charge is -1.94. The molecule has 0 radical (unpaired) electrons. The number of ether oxygens (including phenoxy) is 1. The lowest BCUT2D eigenvalue weighted by molar-refractivity contribution is -0.135. The van der Waals surface area contributed by atoms with Crippen LogP contribution in [0.1, 0.15) is 6.92 Å². The molecule has 0 bridgehead atoms. The normalized spacial score (nSPS) is 10.6. The van der Waals surface area contributed by atoms with E-state index in [1.54, 1.807) is 0 Å². The van der Waals surface area contributed by atoms with Gasteiger partial charge in [0.15, 0.2) is 16.3 Å². The van der Waals surface area contributed by atoms with Crippen molar-refractivity contribution in [1.29, 1.82) is 0 Å². The number of methoxy groups -OCH3 is 1. The molecule has 0 fully saturated rings. The van der Waals surface area contributed by atoms with Gasteiger partial charge in [-0.1, -0.05) is 0 Å². The van der Waals surface area contributed by atoms with E-state index in [0.717, 1.165) is 6.08 Å². The van der Waals surface area contributed by atoms with Crippen LogP contribution in [0.25, 0.3) is 0 Å². The highest BCUT2D eigenvalue weighted by Crippen LogP contribution is 1.99. The van der Waals surface area contributed by atoms with Crippen LogP contribution in [0.2, 0.25) is 0 Å². The average molecular weight is 223 g/mol. The van der Waals surface area contributed by atoms with Crippen LogP contribution in [0.5, 0.6) is 0 Å². The number of hydrogen-bond donors (Lipinski definition) is 0. The van der Waals surface area contributed by atoms with Gasteiger partial charge < -0.3 is 8.57 Å². The third-order valence-corrected chi connectivity index (χ3v) is 1.22. The summed E-state index contributed by atoms with van der Waals surface area (Å²) in [5.74, 6) is -1.20. The highest BCUT2D eigenvalue weighted by molar-refractivity contribution is 9.06. The van der Waals surface area contributed by atoms with E-state index < -0.39 is 11.9 Å². The van der Waals surface area contributed by atoms with Crippen molar-refractivity contribution in [3.63, 3.8) is 0 Å². The summed E-state index contributed by atoms with van der Waals surface area (Å²) in [5, 5.41) is 0. The van der Waals surface area contributed by atoms with Crippen LogP contribution in [0.4, 0.5) is 0 Å². The molecule has 4 nitrogen and oxygen atoms in total. The van der Waals surface area contributed by atoms with Gasteiger partial charge in [-0.05, 0) is 6.92 Å². The molecule has 0 aromatic carbocycles. The fourth-order valence-corrected chi connectivity index (χ4v) is 0.611. The van der Waals surface area contributed by atoms with E-state index in [4.69, 9.17) is 0 Å². The Balaban J connectivity index is 4.21. The number of halogens is 1. The van der Waals surface area contributed by atoms with Crippen molar-refractivity contribution in [2.24, 2.45) is 0 Å². The van der Waals surface area contributed by atoms with Gasteiger partial charge in [-0.25, -0.2) is 9.59 Å². The van der Waals surface area contributed by atoms with Crippen molar-refractivity contribution in [1.82, 2.24) is 0 Å². The maximum absolute atomic E-state index is 10.6. The van der Waals surface area contributed by atoms with Gasteiger partial charge in [-0.2, -0.15) is 0 Å². The fourth-order valence-electron chi connectivity index (χ4n) is 0.355. The minimum Gasteiger partial charge on any atom is -0.466 e. The molecule has 0 atom stereocenters. The standard InChI is InChI=1S/C6H7BrO4/c1-4(6(9)11-7)3-5(8)10-2/h3H,1-2H3/b4-3+. The molecule has 0 unspecified atom stereocenters. The van der Waals surface area contributed by atoms with E-state index in [1.807, 2.05) is 0 Å². The smallest absolute Gasteiger partial charge is 0.345 e. The van der Waals surface area contributed by atoms with E-state index in [2.05, 4.69) is 24.8 Å². The van der Waals surface area contributed by atoms with Crippen LogP contribution >= 0.6 is 16.3 Å². The second-order valence-electron chi connectivity index (χ2n) is 1.72. The Kier molecular flexibility index (Phi) is 4.52. The zero-order valence-electron chi connectivity index (χ0n) is 6.09. The molecule has 0 aliphatic heterocycles. The first-order valence-electron chi connectivity index (χ1n) is 2.71. The quantitative estimate of drug-likeness (QED) is 0.516. The topological polar surface area (TPSA) is 52.6 Å². The number of hydrogen-bond acceptors (Lipinski definition) is 4. The minimum atomic E-state index is -0.615. The fraction of sp³-hybridized carbons (Fsp3) is 0.333. The first kappa shape index (κ1) is 10.2. The van der Waals surface area contributed by atoms with E-state index in [-0.39, 0.29) is 5.57 Å². The van der Waals surface area contributed by atoms with Crippen LogP contribution in [0, 0.1) is 0 Å². The van der Waals surface area contributed by atoms with E-state index >= 15 is 0 Å². The van der Waals surface area contributed by atoms with Crippen LogP contribution in [0.3, 0.4) is 0 Å². The number of carbonyl (C=O) groups is 2. The molecule has 5 heteroatoms. The van der Waals surface area contributed by atoms with Crippen molar-refractivity contribution < 1.29 is 18.2 Å². The number of esters is 1. The van der Waals surface area contributed by atoms with Gasteiger partial charge in [0, 0.05) is 11.6 Å². The van der Waals surface area contributed by atoms with Gasteiger partial charge in [0.05, 0.1) is 7.11 Å². The lowest BCUT2D eigenvalue weighted by atomic mass is 10.3. The third kappa shape index (κ3) is 3.77. The molecule has 0 aliphatic carbocycles. The molecule has 0 aromatic rings. The second-order valence-corrected chi connectivity index (χ2v) is 2.04. The van der Waals surface area contributed by atoms with Crippen LogP contribution in [-0.4, -0.2) is 19.0 Å². The molecule has 0 aliphatic rings. The van der Waals surface area contributed by atoms with Gasteiger partial charge in [0.25, 0.3) is 0 Å². The Morgan fingerprint density at radius 2 is 2.00 bits per heavy atom. The molecule has 0 saturated heterocycles. The van der Waals surface area contributed by atoms with Crippen molar-refractivity contribution in [3.8, 4) is 0 Å². The minimum absolute atomic E-state index is 0.175. The van der Waals surface area contributed by atoms with E-state index in [1.165, 1.54) is 14.0 Å². The van der Waals surface area contributed by atoms with Gasteiger partial charge >= 0.3 is 11.9 Å². The van der Waals surface area contributed by atoms with E-state index in [9.17, 15) is 9.59 Å². The SMILES string of the molecule is COC(=O)/C=C(\C)C(=O)OBr. The Labute approximate surface area is 72.6 Å². The molecule has 0 amide bonds. The Hall–Kier alpha value is -0.840. The summed E-state index contributed by atoms with van der Waals surface area (Å²) in [5.41, 5.74) is 0.175. The Morgan fingerprint density at radius 3 is 2.36 bits per heavy atom. The summed E-state index contributed by atoms with van der Waals surface area (Å²) in [6, 6.07) is 0. The number of carbonyl (C=O) groups excluding carboxylic acids is 2. The monoisotopic (exact) mass is 222 g/mol. The third-order valence-electron chi connectivity index (χ3n) is 0.928. The van der Waals surface area contributed by atoms with Gasteiger partial charge in [-0.3, -0.25) is 0 Å². The lowest BCUT2D eigenvalue weighted by Crippen LogP contribution is -2.03. The molecule has 0 heterocycles. The molecular weight excluding hydrogens is 216 g/mol. The highest BCUT2D eigenvalue weighted by atomic mass is 79.9. The first-order chi connectivity index (χ1) is 5.11. The summed E-state index contributed by atoms with van der Waals surface area (Å²) in [6.07, 6.45) is 1.05. The zero-order valence-corrected chi connectivity index (χ0v) is 7.67. The summed E-state index contributed by atoms with van der Waals surface area (Å²) in [7, 11) is 1.23. The molecule has 0 aromatic heterocycles. The second kappa shape index (κ2) is 4.90. The maximum Gasteiger partial charge on any atom is 0.345 e. The van der Waals surface area contributed by atoms with Crippen molar-refractivity contribution in [3.05, 3.63) is 11.6 Å². The molecule has 0 N–H and O–H groups in total. The Bertz CT molecular complexity index is 197. The zero-order chi connectivity index (χ0) is 8.85. The van der Waals surface area contributed by atoms with Crippen molar-refractivity contribution >= 4 is 28.2 Å². The van der Waals surface area contributed by atoms with Gasteiger partial charge in [-0.15, -0.1) is 0 Å². The van der Waals surface area contributed by atoms with Crippen LogP contribution < -0.4 is 0 Å². The largest absolute Gasteiger partial charge is 0.466 e. The van der Waals surface area contributed by atoms with Crippen molar-refractivity contribution in [2.45, 2.75) is 6.92 Å². The Morgan fingerprint density at radius 1 is 1.45 bits per heavy atom. The summed E-state index contributed by atoms with van der Waals surface area (Å²) >= 11 is 2.48. The summed E-state index contributed by atoms with van der Waals surface area (Å²) in [4.78, 5) is 21.1. The molecule has 62 valence electrons. The average Bonchev–Trinajstić information content (AvgIpc) is 2.02. The van der Waals surface area contributed by atoms with Gasteiger partial charge in [0.1, 0.15) is 0 Å². The van der Waals surface area contributed by atoms with E-state index in [0.29, 0.717) is 0 Å². The van der Waals surface area contributed by atoms with Crippen LogP contribution in [-0.2, 0) is 18.2 Å². The summed E-state index contributed by atoms with van der Waals surface area (Å²) < 4.78 is 8.43. The molecule has 0 spiro atoms. The predicted octanol–water partition coefficient (Wildman–Crippen LogP) is 0.959. The highest BCUT2D eigenvalue weighted by Gasteiger charge is 2.06. The molecule has 0 saturated carbocycles. The molecular formula is C6H7BrO4. The first-order valence-corrected chi connectivity index (χ1v) is 3.35. The molecule has 0 rings (SSSR count). The number of rotatable bonds is 2. The predicted molar refractivity (Wildman–Crippen MR) is 40.8 cm³/mol. The van der Waals surface area contributed by atoms with Crippen molar-refractivity contribution in [2.75, 3.05) is 7.11 Å². The maximum atomic E-state index is 10.6. The molecule has 11 heavy (non-hydrogen) atoms. The van der Waals surface area contributed by atoms with Gasteiger partial charge in [0.2, 0.25) is 0 Å². The van der Waals surface area contributed by atoms with Crippen LogP contribution in [0.15, 0.2) is 11.6 Å². The summed E-state index contributed by atoms with van der Waals surface area (Å²) in [6.45, 7) is 1.44.